The Morgan fingerprint density at radius 1 is 1.44 bits per heavy atom. The van der Waals surface area contributed by atoms with Gasteiger partial charge in [0.1, 0.15) is 6.10 Å². The van der Waals surface area contributed by atoms with Crippen molar-refractivity contribution in [3.63, 3.8) is 0 Å². The first-order chi connectivity index (χ1) is 8.69. The summed E-state index contributed by atoms with van der Waals surface area (Å²) in [6.45, 7) is 4.46. The molecule has 0 amide bonds. The summed E-state index contributed by atoms with van der Waals surface area (Å²) in [5, 5.41) is 3.91. The summed E-state index contributed by atoms with van der Waals surface area (Å²) < 4.78 is 10.6. The van der Waals surface area contributed by atoms with Crippen LogP contribution in [0.3, 0.4) is 0 Å². The summed E-state index contributed by atoms with van der Waals surface area (Å²) in [6, 6.07) is 7.63. The highest BCUT2D eigenvalue weighted by Gasteiger charge is 2.13. The molecule has 18 heavy (non-hydrogen) atoms. The molecular formula is C13H17N3O2. The maximum Gasteiger partial charge on any atom is 0.231 e. The van der Waals surface area contributed by atoms with E-state index in [0.29, 0.717) is 24.7 Å². The number of rotatable bonds is 5. The lowest BCUT2D eigenvalue weighted by molar-refractivity contribution is 0.0683. The van der Waals surface area contributed by atoms with Gasteiger partial charge in [-0.2, -0.15) is 4.98 Å². The molecule has 96 valence electrons. The summed E-state index contributed by atoms with van der Waals surface area (Å²) in [7, 11) is 0. The molecule has 1 unspecified atom stereocenters. The predicted octanol–water partition coefficient (Wildman–Crippen LogP) is 2.34. The number of benzene rings is 1. The van der Waals surface area contributed by atoms with Gasteiger partial charge in [-0.05, 0) is 31.5 Å². The Morgan fingerprint density at radius 3 is 3.00 bits per heavy atom. The van der Waals surface area contributed by atoms with Crippen LogP contribution in [0.1, 0.15) is 37.2 Å². The van der Waals surface area contributed by atoms with Crippen molar-refractivity contribution < 1.29 is 9.26 Å². The first-order valence-electron chi connectivity index (χ1n) is 5.97. The van der Waals surface area contributed by atoms with Crippen LogP contribution in [-0.4, -0.2) is 16.7 Å². The normalized spacial score (nSPS) is 12.6. The van der Waals surface area contributed by atoms with Crippen molar-refractivity contribution in [2.75, 3.05) is 12.3 Å². The van der Waals surface area contributed by atoms with Gasteiger partial charge in [0, 0.05) is 12.3 Å². The summed E-state index contributed by atoms with van der Waals surface area (Å²) in [6.07, 6.45) is 0.435. The van der Waals surface area contributed by atoms with Crippen molar-refractivity contribution in [2.45, 2.75) is 26.4 Å². The van der Waals surface area contributed by atoms with Crippen LogP contribution in [0, 0.1) is 0 Å². The topological polar surface area (TPSA) is 74.2 Å². The summed E-state index contributed by atoms with van der Waals surface area (Å²) >= 11 is 0. The SMILES string of the molecule is CCOC(C)c1noc(Cc2cccc(N)c2)n1. The highest BCUT2D eigenvalue weighted by Crippen LogP contribution is 2.15. The van der Waals surface area contributed by atoms with Crippen molar-refractivity contribution in [1.82, 2.24) is 10.1 Å². The molecule has 0 saturated carbocycles. The number of anilines is 1. The molecular weight excluding hydrogens is 230 g/mol. The number of hydrogen-bond acceptors (Lipinski definition) is 5. The zero-order chi connectivity index (χ0) is 13.0. The van der Waals surface area contributed by atoms with E-state index in [1.54, 1.807) is 0 Å². The molecule has 0 bridgehead atoms. The minimum absolute atomic E-state index is 0.145. The lowest BCUT2D eigenvalue weighted by Crippen LogP contribution is -2.01. The van der Waals surface area contributed by atoms with E-state index in [9.17, 15) is 0 Å². The number of hydrogen-bond donors (Lipinski definition) is 1. The molecule has 0 aliphatic carbocycles. The highest BCUT2D eigenvalue weighted by atomic mass is 16.5. The Labute approximate surface area is 106 Å². The average molecular weight is 247 g/mol. The summed E-state index contributed by atoms with van der Waals surface area (Å²) in [5.74, 6) is 1.15. The molecule has 1 atom stereocenters. The van der Waals surface area contributed by atoms with Gasteiger partial charge in [0.15, 0.2) is 5.82 Å². The van der Waals surface area contributed by atoms with Crippen LogP contribution in [0.15, 0.2) is 28.8 Å². The van der Waals surface area contributed by atoms with Crippen LogP contribution in [0.25, 0.3) is 0 Å². The minimum Gasteiger partial charge on any atom is -0.399 e. The van der Waals surface area contributed by atoms with Gasteiger partial charge < -0.3 is 15.0 Å². The maximum atomic E-state index is 5.72. The van der Waals surface area contributed by atoms with Gasteiger partial charge in [-0.25, -0.2) is 0 Å². The largest absolute Gasteiger partial charge is 0.399 e. The van der Waals surface area contributed by atoms with Crippen LogP contribution in [0.5, 0.6) is 0 Å². The molecule has 0 spiro atoms. The van der Waals surface area contributed by atoms with Crippen molar-refractivity contribution in [3.05, 3.63) is 41.5 Å². The van der Waals surface area contributed by atoms with Gasteiger partial charge in [-0.15, -0.1) is 0 Å². The second-order valence-electron chi connectivity index (χ2n) is 4.07. The Kier molecular flexibility index (Phi) is 3.94. The molecule has 1 aromatic carbocycles. The summed E-state index contributed by atoms with van der Waals surface area (Å²) in [4.78, 5) is 4.31. The van der Waals surface area contributed by atoms with Crippen molar-refractivity contribution in [2.24, 2.45) is 0 Å². The van der Waals surface area contributed by atoms with E-state index >= 15 is 0 Å². The van der Waals surface area contributed by atoms with E-state index < -0.39 is 0 Å². The van der Waals surface area contributed by atoms with Crippen LogP contribution >= 0.6 is 0 Å². The third kappa shape index (κ3) is 3.07. The summed E-state index contributed by atoms with van der Waals surface area (Å²) in [5.41, 5.74) is 7.50. The maximum absolute atomic E-state index is 5.72. The van der Waals surface area contributed by atoms with Crippen LogP contribution in [0.4, 0.5) is 5.69 Å². The Hall–Kier alpha value is -1.88. The predicted molar refractivity (Wildman–Crippen MR) is 68.0 cm³/mol. The van der Waals surface area contributed by atoms with Crippen LogP contribution in [0.2, 0.25) is 0 Å². The highest BCUT2D eigenvalue weighted by molar-refractivity contribution is 5.41. The molecule has 5 nitrogen and oxygen atoms in total. The van der Waals surface area contributed by atoms with Gasteiger partial charge in [0.05, 0.1) is 6.42 Å². The zero-order valence-corrected chi connectivity index (χ0v) is 10.6. The first-order valence-corrected chi connectivity index (χ1v) is 5.97. The second kappa shape index (κ2) is 5.64. The quantitative estimate of drug-likeness (QED) is 0.821. The van der Waals surface area contributed by atoms with Crippen molar-refractivity contribution in [1.29, 1.82) is 0 Å². The number of aromatic nitrogens is 2. The van der Waals surface area contributed by atoms with E-state index in [1.807, 2.05) is 38.1 Å². The number of nitrogens with zero attached hydrogens (tertiary/aromatic N) is 2. The molecule has 2 N–H and O–H groups in total. The van der Waals surface area contributed by atoms with Gasteiger partial charge in [0.2, 0.25) is 5.89 Å². The molecule has 0 saturated heterocycles. The molecule has 0 radical (unpaired) electrons. The molecule has 0 aliphatic heterocycles. The average Bonchev–Trinajstić information content (AvgIpc) is 2.78. The lowest BCUT2D eigenvalue weighted by atomic mass is 10.1. The van der Waals surface area contributed by atoms with Crippen molar-refractivity contribution >= 4 is 5.69 Å². The minimum atomic E-state index is -0.145. The standard InChI is InChI=1S/C13H17N3O2/c1-3-17-9(2)13-15-12(18-16-13)8-10-5-4-6-11(14)7-10/h4-7,9H,3,8,14H2,1-2H3. The lowest BCUT2D eigenvalue weighted by Gasteiger charge is -2.04. The fourth-order valence-electron chi connectivity index (χ4n) is 1.71. The third-order valence-corrected chi connectivity index (χ3v) is 2.57. The van der Waals surface area contributed by atoms with Gasteiger partial charge >= 0.3 is 0 Å². The van der Waals surface area contributed by atoms with E-state index in [2.05, 4.69) is 10.1 Å². The fraction of sp³-hybridized carbons (Fsp3) is 0.385. The molecule has 2 aromatic rings. The molecule has 5 heteroatoms. The molecule has 1 heterocycles. The van der Waals surface area contributed by atoms with Gasteiger partial charge in [0.25, 0.3) is 0 Å². The number of ether oxygens (including phenoxy) is 1. The second-order valence-corrected chi connectivity index (χ2v) is 4.07. The van der Waals surface area contributed by atoms with Gasteiger partial charge in [-0.1, -0.05) is 17.3 Å². The number of nitrogen functional groups attached to an aromatic ring is 1. The number of nitrogens with two attached hydrogens (primary N) is 1. The molecule has 2 rings (SSSR count). The molecule has 0 aliphatic rings. The fourth-order valence-corrected chi connectivity index (χ4v) is 1.71. The zero-order valence-electron chi connectivity index (χ0n) is 10.6. The monoisotopic (exact) mass is 247 g/mol. The van der Waals surface area contributed by atoms with Crippen LogP contribution < -0.4 is 5.73 Å². The molecule has 1 aromatic heterocycles. The molecule has 0 fully saturated rings. The Balaban J connectivity index is 2.06. The Morgan fingerprint density at radius 2 is 2.28 bits per heavy atom. The first kappa shape index (κ1) is 12.6. The van der Waals surface area contributed by atoms with E-state index in [-0.39, 0.29) is 6.10 Å². The third-order valence-electron chi connectivity index (χ3n) is 2.57. The van der Waals surface area contributed by atoms with E-state index in [4.69, 9.17) is 15.0 Å². The smallest absolute Gasteiger partial charge is 0.231 e. The Bertz CT molecular complexity index is 510. The van der Waals surface area contributed by atoms with E-state index in [0.717, 1.165) is 11.3 Å². The van der Waals surface area contributed by atoms with E-state index in [1.165, 1.54) is 0 Å². The van der Waals surface area contributed by atoms with Gasteiger partial charge in [-0.3, -0.25) is 0 Å². The van der Waals surface area contributed by atoms with Crippen LogP contribution in [-0.2, 0) is 11.2 Å². The van der Waals surface area contributed by atoms with Crippen molar-refractivity contribution in [3.8, 4) is 0 Å².